The second-order valence-corrected chi connectivity index (χ2v) is 20.5. The Morgan fingerprint density at radius 2 is 1.09 bits per heavy atom. The Morgan fingerprint density at radius 3 is 1.61 bits per heavy atom. The Balaban J connectivity index is 1.28. The Labute approximate surface area is 412 Å². The van der Waals surface area contributed by atoms with Crippen LogP contribution in [0.25, 0.3) is 44.5 Å². The van der Waals surface area contributed by atoms with Crippen molar-refractivity contribution in [2.75, 3.05) is 60.4 Å². The Hall–Kier alpha value is -4.65. The lowest BCUT2D eigenvalue weighted by molar-refractivity contribution is -0.137. The fourth-order valence-corrected chi connectivity index (χ4v) is 10.5. The van der Waals surface area contributed by atoms with Crippen LogP contribution in [0.2, 0.25) is 0 Å². The standard InChI is InChI=1S/C59H76BNO8/c1-56(2,64)57(3,4)69-60-46-22-26-48-47-23-20-44(37-51(47)58(5,52(48)40-46)27-8-9-30-61)45-21-25-50-49-24-19-43(42-17-15-41(16-18-42)13-10-14-55(62)63)38-53(49)59(54(50)39-45,28-11-31-67-35-33-65-6)29-12-32-68-36-34-66-7/h15-26,37-40,60,64H,8-14,27-36,61H2,1-7H3,(H,62,63). The average molecular weight is 938 g/mol. The molecular formula is C59H76BNO8. The molecule has 69 heavy (non-hydrogen) atoms. The molecule has 0 radical (unpaired) electrons. The highest BCUT2D eigenvalue weighted by molar-refractivity contribution is 6.47. The first-order valence-corrected chi connectivity index (χ1v) is 25.2. The quantitative estimate of drug-likeness (QED) is 0.0332. The molecule has 1 unspecified atom stereocenters. The number of rotatable bonds is 28. The van der Waals surface area contributed by atoms with Gasteiger partial charge in [-0.1, -0.05) is 97.7 Å². The summed E-state index contributed by atoms with van der Waals surface area (Å²) >= 11 is 0. The zero-order valence-corrected chi connectivity index (χ0v) is 42.4. The maximum absolute atomic E-state index is 11.2. The van der Waals surface area contributed by atoms with Crippen molar-refractivity contribution < 1.29 is 38.6 Å². The smallest absolute Gasteiger partial charge is 0.309 e. The lowest BCUT2D eigenvalue weighted by Gasteiger charge is -2.37. The molecule has 7 rings (SSSR count). The van der Waals surface area contributed by atoms with E-state index in [9.17, 15) is 15.0 Å². The third kappa shape index (κ3) is 11.8. The number of fused-ring (bicyclic) bond motifs is 6. The summed E-state index contributed by atoms with van der Waals surface area (Å²) in [5.41, 5.74) is 21.2. The summed E-state index contributed by atoms with van der Waals surface area (Å²) in [6.07, 6.45) is 8.07. The molecule has 1 atom stereocenters. The van der Waals surface area contributed by atoms with Crippen LogP contribution in [-0.2, 0) is 45.6 Å². The van der Waals surface area contributed by atoms with Crippen LogP contribution in [0, 0.1) is 0 Å². The second kappa shape index (κ2) is 23.1. The van der Waals surface area contributed by atoms with Crippen LogP contribution in [0.1, 0.15) is 120 Å². The first-order valence-electron chi connectivity index (χ1n) is 25.2. The molecule has 10 heteroatoms. The number of aryl methyl sites for hydroxylation is 1. The van der Waals surface area contributed by atoms with E-state index >= 15 is 0 Å². The first-order chi connectivity index (χ1) is 33.2. The van der Waals surface area contributed by atoms with Crippen LogP contribution >= 0.6 is 0 Å². The van der Waals surface area contributed by atoms with E-state index in [1.165, 1.54) is 61.2 Å². The van der Waals surface area contributed by atoms with E-state index in [1.807, 2.05) is 13.8 Å². The minimum Gasteiger partial charge on any atom is -0.481 e. The molecule has 0 fully saturated rings. The Morgan fingerprint density at radius 1 is 0.594 bits per heavy atom. The molecule has 5 aromatic rings. The molecule has 9 nitrogen and oxygen atoms in total. The van der Waals surface area contributed by atoms with Crippen LogP contribution in [0.4, 0.5) is 0 Å². The van der Waals surface area contributed by atoms with Crippen LogP contribution < -0.4 is 11.2 Å². The maximum Gasteiger partial charge on any atom is 0.309 e. The van der Waals surface area contributed by atoms with Crippen molar-refractivity contribution in [3.8, 4) is 44.5 Å². The maximum atomic E-state index is 11.2. The third-order valence-corrected chi connectivity index (χ3v) is 15.3. The number of nitrogens with two attached hydrogens (primary N) is 1. The molecule has 0 saturated carbocycles. The van der Waals surface area contributed by atoms with Crippen molar-refractivity contribution in [2.24, 2.45) is 5.73 Å². The van der Waals surface area contributed by atoms with Gasteiger partial charge in [0.1, 0.15) is 0 Å². The van der Waals surface area contributed by atoms with Gasteiger partial charge in [-0.05, 0) is 176 Å². The summed E-state index contributed by atoms with van der Waals surface area (Å²) in [4.78, 5) is 11.2. The molecule has 0 bridgehead atoms. The van der Waals surface area contributed by atoms with Crippen LogP contribution in [0.15, 0.2) is 97.1 Å². The van der Waals surface area contributed by atoms with Gasteiger partial charge in [0, 0.05) is 44.7 Å². The average Bonchev–Trinajstić information content (AvgIpc) is 3.74. The minimum absolute atomic E-state index is 0.170. The van der Waals surface area contributed by atoms with Crippen molar-refractivity contribution in [2.45, 2.75) is 121 Å². The lowest BCUT2D eigenvalue weighted by atomic mass is 9.70. The minimum atomic E-state index is -0.993. The van der Waals surface area contributed by atoms with Gasteiger partial charge in [-0.2, -0.15) is 0 Å². The van der Waals surface area contributed by atoms with Crippen LogP contribution in [0.5, 0.6) is 0 Å². The number of aliphatic hydroxyl groups is 1. The van der Waals surface area contributed by atoms with Crippen molar-refractivity contribution >= 4 is 18.9 Å². The topological polar surface area (TPSA) is 130 Å². The largest absolute Gasteiger partial charge is 0.481 e. The summed E-state index contributed by atoms with van der Waals surface area (Å²) in [6.45, 7) is 14.1. The molecule has 0 amide bonds. The highest BCUT2D eigenvalue weighted by Crippen LogP contribution is 2.56. The number of carbonyl (C=O) groups is 1. The van der Waals surface area contributed by atoms with E-state index in [0.717, 1.165) is 68.0 Å². The molecule has 0 aromatic heterocycles. The van der Waals surface area contributed by atoms with E-state index in [4.69, 9.17) is 29.3 Å². The molecule has 2 aliphatic carbocycles. The van der Waals surface area contributed by atoms with Gasteiger partial charge in [-0.15, -0.1) is 0 Å². The van der Waals surface area contributed by atoms with Gasteiger partial charge >= 0.3 is 13.5 Å². The number of carboxylic acid groups (broad SMARTS) is 1. The van der Waals surface area contributed by atoms with E-state index < -0.39 is 17.2 Å². The van der Waals surface area contributed by atoms with E-state index in [2.05, 4.69) is 104 Å². The molecule has 2 aliphatic rings. The van der Waals surface area contributed by atoms with Crippen molar-refractivity contribution in [3.05, 3.63) is 125 Å². The highest BCUT2D eigenvalue weighted by Gasteiger charge is 2.44. The lowest BCUT2D eigenvalue weighted by Crippen LogP contribution is -2.49. The number of carboxylic acids is 1. The summed E-state index contributed by atoms with van der Waals surface area (Å²) in [5.74, 6) is -0.759. The predicted molar refractivity (Wildman–Crippen MR) is 281 cm³/mol. The number of methoxy groups -OCH3 is 2. The van der Waals surface area contributed by atoms with Gasteiger partial charge < -0.3 is 39.5 Å². The predicted octanol–water partition coefficient (Wildman–Crippen LogP) is 10.5. The molecule has 0 saturated heterocycles. The van der Waals surface area contributed by atoms with Gasteiger partial charge in [-0.25, -0.2) is 0 Å². The third-order valence-electron chi connectivity index (χ3n) is 15.3. The van der Waals surface area contributed by atoms with Gasteiger partial charge in [0.05, 0.1) is 37.6 Å². The molecule has 0 spiro atoms. The fraction of sp³-hybridized carbons (Fsp3) is 0.475. The summed E-state index contributed by atoms with van der Waals surface area (Å²) in [6, 6.07) is 36.6. The number of ether oxygens (including phenoxy) is 4. The van der Waals surface area contributed by atoms with Crippen molar-refractivity contribution in [1.29, 1.82) is 0 Å². The molecular weight excluding hydrogens is 861 g/mol. The summed E-state index contributed by atoms with van der Waals surface area (Å²) in [7, 11) is 3.82. The van der Waals surface area contributed by atoms with Crippen LogP contribution in [0.3, 0.4) is 0 Å². The highest BCUT2D eigenvalue weighted by atomic mass is 16.5. The molecule has 0 aliphatic heterocycles. The number of hydrogen-bond donors (Lipinski definition) is 3. The second-order valence-electron chi connectivity index (χ2n) is 20.5. The van der Waals surface area contributed by atoms with Gasteiger partial charge in [-0.3, -0.25) is 4.79 Å². The molecule has 5 aromatic carbocycles. The van der Waals surface area contributed by atoms with Crippen molar-refractivity contribution in [3.63, 3.8) is 0 Å². The Bertz CT molecular complexity index is 2500. The number of unbranched alkanes of at least 4 members (excludes halogenated alkanes) is 1. The number of hydrogen-bond acceptors (Lipinski definition) is 8. The van der Waals surface area contributed by atoms with Crippen molar-refractivity contribution in [1.82, 2.24) is 0 Å². The number of aliphatic carboxylic acids is 1. The van der Waals surface area contributed by atoms with E-state index in [1.54, 1.807) is 28.1 Å². The van der Waals surface area contributed by atoms with Crippen LogP contribution in [-0.4, -0.2) is 95.3 Å². The zero-order chi connectivity index (χ0) is 49.2. The fourth-order valence-electron chi connectivity index (χ4n) is 10.5. The summed E-state index contributed by atoms with van der Waals surface area (Å²) < 4.78 is 29.2. The summed E-state index contributed by atoms with van der Waals surface area (Å²) in [5, 5.41) is 20.0. The monoisotopic (exact) mass is 938 g/mol. The van der Waals surface area contributed by atoms with Gasteiger partial charge in [0.2, 0.25) is 0 Å². The van der Waals surface area contributed by atoms with E-state index in [0.29, 0.717) is 60.1 Å². The molecule has 0 heterocycles. The number of benzene rings is 5. The first kappa shape index (κ1) is 52.2. The van der Waals surface area contributed by atoms with Gasteiger partial charge in [0.15, 0.2) is 0 Å². The SMILES string of the molecule is COCCOCCCC1(CCCOCCOC)c2cc(-c3ccc(CCCC(=O)O)cc3)ccc2-c2ccc(-c3ccc4c(c3)C(C)(CCCCN)c3cc(BOC(C)(C)C(C)(C)O)ccc3-4)cc21. The zero-order valence-electron chi connectivity index (χ0n) is 42.4. The van der Waals surface area contributed by atoms with E-state index in [-0.39, 0.29) is 17.3 Å². The molecule has 4 N–H and O–H groups in total. The molecule has 368 valence electrons. The van der Waals surface area contributed by atoms with Gasteiger partial charge in [0.25, 0.3) is 0 Å². The normalized spacial score (nSPS) is 15.7. The Kier molecular flexibility index (Phi) is 17.4.